The maximum Gasteiger partial charge on any atom is 0.319 e. The van der Waals surface area contributed by atoms with Crippen LogP contribution in [0, 0.1) is 5.92 Å². The van der Waals surface area contributed by atoms with E-state index in [1.54, 1.807) is 0 Å². The molecule has 1 saturated carbocycles. The fraction of sp³-hybridized carbons (Fsp3) is 0.875. The quantitative estimate of drug-likeness (QED) is 0.867. The molecule has 0 spiro atoms. The van der Waals surface area contributed by atoms with Gasteiger partial charge in [-0.1, -0.05) is 19.3 Å². The number of carboxylic acid groups (broad SMARTS) is 1. The standard InChI is InChI=1S/C16H28N2O3/c1-17(14-5-3-2-4-6-14)16(21)18-11-9-13(10-12-18)7-8-15(19)20/h13-14H,2-12H2,1H3,(H,19,20). The van der Waals surface area contributed by atoms with Crippen molar-refractivity contribution in [2.24, 2.45) is 5.92 Å². The Kier molecular flexibility index (Phi) is 5.88. The first-order valence-corrected chi connectivity index (χ1v) is 8.31. The van der Waals surface area contributed by atoms with E-state index < -0.39 is 5.97 Å². The maximum atomic E-state index is 12.5. The maximum absolute atomic E-state index is 12.5. The highest BCUT2D eigenvalue weighted by molar-refractivity contribution is 5.74. The van der Waals surface area contributed by atoms with E-state index in [4.69, 9.17) is 5.11 Å². The van der Waals surface area contributed by atoms with Gasteiger partial charge in [-0.2, -0.15) is 0 Å². The van der Waals surface area contributed by atoms with E-state index in [2.05, 4.69) is 0 Å². The van der Waals surface area contributed by atoms with E-state index in [1.807, 2.05) is 16.8 Å². The minimum absolute atomic E-state index is 0.165. The van der Waals surface area contributed by atoms with E-state index >= 15 is 0 Å². The average Bonchev–Trinajstić information content (AvgIpc) is 2.53. The molecular weight excluding hydrogens is 268 g/mol. The smallest absolute Gasteiger partial charge is 0.319 e. The predicted molar refractivity (Wildman–Crippen MR) is 81.2 cm³/mol. The van der Waals surface area contributed by atoms with Gasteiger partial charge >= 0.3 is 12.0 Å². The van der Waals surface area contributed by atoms with E-state index in [0.717, 1.165) is 45.2 Å². The van der Waals surface area contributed by atoms with Crippen molar-refractivity contribution in [2.45, 2.75) is 63.8 Å². The molecule has 120 valence electrons. The molecule has 1 aliphatic heterocycles. The van der Waals surface area contributed by atoms with Gasteiger partial charge in [0.1, 0.15) is 0 Å². The van der Waals surface area contributed by atoms with Gasteiger partial charge in [0, 0.05) is 32.6 Å². The molecule has 0 atom stereocenters. The molecule has 0 radical (unpaired) electrons. The topological polar surface area (TPSA) is 60.9 Å². The SMILES string of the molecule is CN(C(=O)N1CCC(CCC(=O)O)CC1)C1CCCCC1. The number of carbonyl (C=O) groups is 2. The average molecular weight is 296 g/mol. The second-order valence-corrected chi connectivity index (χ2v) is 6.55. The molecule has 0 aromatic rings. The Morgan fingerprint density at radius 3 is 2.29 bits per heavy atom. The normalized spacial score (nSPS) is 21.3. The fourth-order valence-electron chi connectivity index (χ4n) is 3.59. The van der Waals surface area contributed by atoms with Gasteiger partial charge in [-0.15, -0.1) is 0 Å². The number of urea groups is 1. The zero-order chi connectivity index (χ0) is 15.2. The zero-order valence-electron chi connectivity index (χ0n) is 13.1. The summed E-state index contributed by atoms with van der Waals surface area (Å²) in [7, 11) is 1.94. The predicted octanol–water partition coefficient (Wildman–Crippen LogP) is 2.95. The van der Waals surface area contributed by atoms with Crippen molar-refractivity contribution in [3.8, 4) is 0 Å². The van der Waals surface area contributed by atoms with Gasteiger partial charge in [-0.3, -0.25) is 4.79 Å². The van der Waals surface area contributed by atoms with Crippen LogP contribution in [0.15, 0.2) is 0 Å². The molecule has 21 heavy (non-hydrogen) atoms. The van der Waals surface area contributed by atoms with Crippen molar-refractivity contribution in [3.63, 3.8) is 0 Å². The third kappa shape index (κ3) is 4.61. The first-order valence-electron chi connectivity index (χ1n) is 8.31. The number of carbonyl (C=O) groups excluding carboxylic acids is 1. The number of rotatable bonds is 4. The van der Waals surface area contributed by atoms with Gasteiger partial charge in [0.25, 0.3) is 0 Å². The molecule has 0 unspecified atom stereocenters. The summed E-state index contributed by atoms with van der Waals surface area (Å²) < 4.78 is 0. The van der Waals surface area contributed by atoms with Crippen LogP contribution in [0.1, 0.15) is 57.8 Å². The van der Waals surface area contributed by atoms with Gasteiger partial charge in [0.05, 0.1) is 0 Å². The van der Waals surface area contributed by atoms with Crippen molar-refractivity contribution in [2.75, 3.05) is 20.1 Å². The molecular formula is C16H28N2O3. The van der Waals surface area contributed by atoms with E-state index in [1.165, 1.54) is 19.3 Å². The van der Waals surface area contributed by atoms with Crippen molar-refractivity contribution in [1.82, 2.24) is 9.80 Å². The second kappa shape index (κ2) is 7.66. The lowest BCUT2D eigenvalue weighted by atomic mass is 9.92. The minimum atomic E-state index is -0.717. The van der Waals surface area contributed by atoms with Crippen LogP contribution in [-0.2, 0) is 4.79 Å². The van der Waals surface area contributed by atoms with Gasteiger partial charge in [-0.05, 0) is 38.0 Å². The minimum Gasteiger partial charge on any atom is -0.481 e. The molecule has 1 saturated heterocycles. The highest BCUT2D eigenvalue weighted by atomic mass is 16.4. The number of aliphatic carboxylic acids is 1. The summed E-state index contributed by atoms with van der Waals surface area (Å²) in [6.07, 6.45) is 8.92. The first kappa shape index (κ1) is 16.1. The van der Waals surface area contributed by atoms with Crippen molar-refractivity contribution in [1.29, 1.82) is 0 Å². The number of carboxylic acids is 1. The Labute approximate surface area is 127 Å². The molecule has 1 N–H and O–H groups in total. The molecule has 2 aliphatic rings. The Hall–Kier alpha value is -1.26. The molecule has 0 aromatic carbocycles. The van der Waals surface area contributed by atoms with Crippen LogP contribution in [0.25, 0.3) is 0 Å². The van der Waals surface area contributed by atoms with Crippen molar-refractivity contribution >= 4 is 12.0 Å². The molecule has 1 heterocycles. The van der Waals surface area contributed by atoms with Crippen LogP contribution in [0.4, 0.5) is 4.79 Å². The van der Waals surface area contributed by atoms with Crippen LogP contribution < -0.4 is 0 Å². The first-order chi connectivity index (χ1) is 10.1. The van der Waals surface area contributed by atoms with Crippen LogP contribution in [-0.4, -0.2) is 53.1 Å². The summed E-state index contributed by atoms with van der Waals surface area (Å²) in [6.45, 7) is 1.56. The van der Waals surface area contributed by atoms with Gasteiger partial charge in [-0.25, -0.2) is 4.79 Å². The van der Waals surface area contributed by atoms with Gasteiger partial charge in [0.15, 0.2) is 0 Å². The Bertz CT molecular complexity index is 359. The monoisotopic (exact) mass is 296 g/mol. The third-order valence-electron chi connectivity index (χ3n) is 5.08. The van der Waals surface area contributed by atoms with Gasteiger partial charge in [0.2, 0.25) is 0 Å². The van der Waals surface area contributed by atoms with Crippen molar-refractivity contribution in [3.05, 3.63) is 0 Å². The van der Waals surface area contributed by atoms with E-state index in [0.29, 0.717) is 12.0 Å². The molecule has 2 fully saturated rings. The summed E-state index contributed by atoms with van der Waals surface area (Å²) in [5.41, 5.74) is 0. The molecule has 5 heteroatoms. The van der Waals surface area contributed by atoms with Crippen LogP contribution in [0.5, 0.6) is 0 Å². The Morgan fingerprint density at radius 1 is 1.10 bits per heavy atom. The summed E-state index contributed by atoms with van der Waals surface area (Å²) in [5, 5.41) is 8.73. The van der Waals surface area contributed by atoms with Gasteiger partial charge < -0.3 is 14.9 Å². The number of hydrogen-bond donors (Lipinski definition) is 1. The summed E-state index contributed by atoms with van der Waals surface area (Å²) in [5.74, 6) is -0.254. The zero-order valence-corrected chi connectivity index (χ0v) is 13.1. The number of hydrogen-bond acceptors (Lipinski definition) is 2. The molecule has 0 aromatic heterocycles. The molecule has 1 aliphatic carbocycles. The van der Waals surface area contributed by atoms with E-state index in [-0.39, 0.29) is 12.5 Å². The molecule has 5 nitrogen and oxygen atoms in total. The lowest BCUT2D eigenvalue weighted by Crippen LogP contribution is -2.49. The van der Waals surface area contributed by atoms with Crippen LogP contribution in [0.3, 0.4) is 0 Å². The lowest BCUT2D eigenvalue weighted by Gasteiger charge is -2.38. The van der Waals surface area contributed by atoms with Crippen LogP contribution >= 0.6 is 0 Å². The fourth-order valence-corrected chi connectivity index (χ4v) is 3.59. The number of amides is 2. The second-order valence-electron chi connectivity index (χ2n) is 6.55. The van der Waals surface area contributed by atoms with Crippen molar-refractivity contribution < 1.29 is 14.7 Å². The summed E-state index contributed by atoms with van der Waals surface area (Å²) in [6, 6.07) is 0.578. The van der Waals surface area contributed by atoms with Crippen LogP contribution in [0.2, 0.25) is 0 Å². The van der Waals surface area contributed by atoms with E-state index in [9.17, 15) is 9.59 Å². The Balaban J connectivity index is 1.75. The highest BCUT2D eigenvalue weighted by Gasteiger charge is 2.28. The molecule has 0 bridgehead atoms. The molecule has 2 amide bonds. The number of nitrogens with zero attached hydrogens (tertiary/aromatic N) is 2. The summed E-state index contributed by atoms with van der Waals surface area (Å²) in [4.78, 5) is 27.0. The third-order valence-corrected chi connectivity index (χ3v) is 5.08. The lowest BCUT2D eigenvalue weighted by molar-refractivity contribution is -0.137. The molecule has 2 rings (SSSR count). The largest absolute Gasteiger partial charge is 0.481 e. The number of piperidine rings is 1. The number of likely N-dealkylation sites (tertiary alicyclic amines) is 1. The Morgan fingerprint density at radius 2 is 1.71 bits per heavy atom. The highest BCUT2D eigenvalue weighted by Crippen LogP contribution is 2.25. The summed E-state index contributed by atoms with van der Waals surface area (Å²) >= 11 is 0.